The second-order valence-electron chi connectivity index (χ2n) is 7.49. The summed E-state index contributed by atoms with van der Waals surface area (Å²) in [5, 5.41) is 0. The lowest BCUT2D eigenvalue weighted by atomic mass is 9.73. The van der Waals surface area contributed by atoms with E-state index in [2.05, 4.69) is 20.8 Å². The fourth-order valence-corrected chi connectivity index (χ4v) is 4.44. The summed E-state index contributed by atoms with van der Waals surface area (Å²) in [4.78, 5) is 0. The summed E-state index contributed by atoms with van der Waals surface area (Å²) in [6.45, 7) is 7.36. The molecule has 2 unspecified atom stereocenters. The van der Waals surface area contributed by atoms with Crippen molar-refractivity contribution < 1.29 is 0 Å². The van der Waals surface area contributed by atoms with E-state index in [-0.39, 0.29) is 0 Å². The predicted octanol–water partition coefficient (Wildman–Crippen LogP) is 5.67. The van der Waals surface area contributed by atoms with E-state index in [0.29, 0.717) is 0 Å². The van der Waals surface area contributed by atoms with Crippen molar-refractivity contribution in [3.05, 3.63) is 0 Å². The van der Waals surface area contributed by atoms with Crippen molar-refractivity contribution in [2.75, 3.05) is 0 Å². The van der Waals surface area contributed by atoms with Gasteiger partial charge in [-0.1, -0.05) is 59.3 Å². The molecule has 0 bridgehead atoms. The van der Waals surface area contributed by atoms with Gasteiger partial charge in [-0.25, -0.2) is 0 Å². The lowest BCUT2D eigenvalue weighted by Gasteiger charge is -2.33. The highest BCUT2D eigenvalue weighted by molar-refractivity contribution is 4.77. The van der Waals surface area contributed by atoms with Gasteiger partial charge >= 0.3 is 0 Å². The Kier molecular flexibility index (Phi) is 4.94. The van der Waals surface area contributed by atoms with Crippen LogP contribution in [0.2, 0.25) is 0 Å². The second-order valence-corrected chi connectivity index (χ2v) is 7.49. The molecular weight excluding hydrogens is 204 g/mol. The molecule has 0 aromatic rings. The van der Waals surface area contributed by atoms with Gasteiger partial charge in [-0.15, -0.1) is 0 Å². The minimum absolute atomic E-state index is 0.995. The minimum Gasteiger partial charge on any atom is -0.0625 e. The molecule has 2 atom stereocenters. The van der Waals surface area contributed by atoms with Crippen LogP contribution in [-0.2, 0) is 0 Å². The summed E-state index contributed by atoms with van der Waals surface area (Å²) in [6.07, 6.45) is 13.7. The van der Waals surface area contributed by atoms with Gasteiger partial charge in [-0.2, -0.15) is 0 Å². The highest BCUT2D eigenvalue weighted by Gasteiger charge is 2.25. The van der Waals surface area contributed by atoms with Crippen LogP contribution in [0.15, 0.2) is 0 Å². The van der Waals surface area contributed by atoms with Crippen LogP contribution in [0, 0.1) is 29.6 Å². The molecule has 0 amide bonds. The highest BCUT2D eigenvalue weighted by atomic mass is 14.3. The van der Waals surface area contributed by atoms with Crippen LogP contribution in [0.25, 0.3) is 0 Å². The monoisotopic (exact) mass is 236 g/mol. The molecule has 2 rings (SSSR count). The average Bonchev–Trinajstić information content (AvgIpc) is 2.27. The molecule has 0 radical (unpaired) electrons. The van der Waals surface area contributed by atoms with Gasteiger partial charge in [0.25, 0.3) is 0 Å². The maximum Gasteiger partial charge on any atom is -0.0409 e. The van der Waals surface area contributed by atoms with Crippen LogP contribution >= 0.6 is 0 Å². The van der Waals surface area contributed by atoms with E-state index >= 15 is 0 Å². The molecule has 0 N–H and O–H groups in total. The summed E-state index contributed by atoms with van der Waals surface area (Å²) in [6, 6.07) is 0. The largest absolute Gasteiger partial charge is 0.0625 e. The molecule has 2 fully saturated rings. The second kappa shape index (κ2) is 6.25. The molecule has 0 aliphatic heterocycles. The predicted molar refractivity (Wildman–Crippen MR) is 76.0 cm³/mol. The zero-order chi connectivity index (χ0) is 12.3. The Morgan fingerprint density at radius 1 is 0.588 bits per heavy atom. The SMILES string of the molecule is CC1CCC(CCC2CC(C)CC(C)C2)CC1. The first-order valence-electron chi connectivity index (χ1n) is 8.13. The fourth-order valence-electron chi connectivity index (χ4n) is 4.44. The zero-order valence-corrected chi connectivity index (χ0v) is 12.3. The molecule has 0 heteroatoms. The number of hydrogen-bond donors (Lipinski definition) is 0. The molecule has 0 spiro atoms. The molecule has 0 nitrogen and oxygen atoms in total. The van der Waals surface area contributed by atoms with Crippen molar-refractivity contribution in [1.82, 2.24) is 0 Å². The van der Waals surface area contributed by atoms with Gasteiger partial charge in [0, 0.05) is 0 Å². The third-order valence-corrected chi connectivity index (χ3v) is 5.39. The Labute approximate surface area is 109 Å². The molecule has 0 heterocycles. The van der Waals surface area contributed by atoms with E-state index in [1.54, 1.807) is 0 Å². The van der Waals surface area contributed by atoms with Gasteiger partial charge in [0.1, 0.15) is 0 Å². The molecule has 0 aromatic carbocycles. The van der Waals surface area contributed by atoms with E-state index in [0.717, 1.165) is 29.6 Å². The maximum absolute atomic E-state index is 2.46. The van der Waals surface area contributed by atoms with Gasteiger partial charge in [0.15, 0.2) is 0 Å². The standard InChI is InChI=1S/C17H32/c1-13-4-6-16(7-5-13)8-9-17-11-14(2)10-15(3)12-17/h13-17H,4-12H2,1-3H3. The maximum atomic E-state index is 2.46. The molecular formula is C17H32. The van der Waals surface area contributed by atoms with Crippen LogP contribution in [0.5, 0.6) is 0 Å². The van der Waals surface area contributed by atoms with Crippen molar-refractivity contribution in [2.45, 2.75) is 78.6 Å². The molecule has 0 saturated heterocycles. The van der Waals surface area contributed by atoms with Crippen LogP contribution in [0.3, 0.4) is 0 Å². The topological polar surface area (TPSA) is 0 Å². The molecule has 2 aliphatic carbocycles. The molecule has 2 saturated carbocycles. The summed E-state index contributed by atoms with van der Waals surface area (Å²) < 4.78 is 0. The molecule has 100 valence electrons. The first-order chi connectivity index (χ1) is 8.13. The van der Waals surface area contributed by atoms with Gasteiger partial charge in [0.2, 0.25) is 0 Å². The van der Waals surface area contributed by atoms with Crippen molar-refractivity contribution in [1.29, 1.82) is 0 Å². The van der Waals surface area contributed by atoms with Crippen LogP contribution in [0.4, 0.5) is 0 Å². The first kappa shape index (κ1) is 13.4. The van der Waals surface area contributed by atoms with Crippen molar-refractivity contribution in [2.24, 2.45) is 29.6 Å². The van der Waals surface area contributed by atoms with E-state index in [1.807, 2.05) is 0 Å². The van der Waals surface area contributed by atoms with Crippen molar-refractivity contribution in [3.63, 3.8) is 0 Å². The Balaban J connectivity index is 1.67. The lowest BCUT2D eigenvalue weighted by Crippen LogP contribution is -2.21. The summed E-state index contributed by atoms with van der Waals surface area (Å²) in [7, 11) is 0. The normalized spacial score (nSPS) is 43.6. The molecule has 0 aromatic heterocycles. The van der Waals surface area contributed by atoms with E-state index < -0.39 is 0 Å². The average molecular weight is 236 g/mol. The molecule has 17 heavy (non-hydrogen) atoms. The summed E-state index contributed by atoms with van der Waals surface area (Å²) in [5.74, 6) is 5.15. The van der Waals surface area contributed by atoms with Crippen molar-refractivity contribution >= 4 is 0 Å². The van der Waals surface area contributed by atoms with Crippen LogP contribution < -0.4 is 0 Å². The fraction of sp³-hybridized carbons (Fsp3) is 1.00. The number of rotatable bonds is 3. The lowest BCUT2D eigenvalue weighted by molar-refractivity contribution is 0.187. The van der Waals surface area contributed by atoms with Crippen LogP contribution in [-0.4, -0.2) is 0 Å². The Morgan fingerprint density at radius 3 is 1.71 bits per heavy atom. The van der Waals surface area contributed by atoms with Gasteiger partial charge in [-0.3, -0.25) is 0 Å². The van der Waals surface area contributed by atoms with Crippen molar-refractivity contribution in [3.8, 4) is 0 Å². The highest BCUT2D eigenvalue weighted by Crippen LogP contribution is 2.38. The molecule has 2 aliphatic rings. The summed E-state index contributed by atoms with van der Waals surface area (Å²) in [5.41, 5.74) is 0. The Morgan fingerprint density at radius 2 is 1.12 bits per heavy atom. The Hall–Kier alpha value is 0. The zero-order valence-electron chi connectivity index (χ0n) is 12.3. The van der Waals surface area contributed by atoms with E-state index in [1.165, 1.54) is 57.8 Å². The van der Waals surface area contributed by atoms with E-state index in [9.17, 15) is 0 Å². The third-order valence-electron chi connectivity index (χ3n) is 5.39. The van der Waals surface area contributed by atoms with Gasteiger partial charge in [0.05, 0.1) is 0 Å². The minimum atomic E-state index is 0.995. The Bertz CT molecular complexity index is 202. The summed E-state index contributed by atoms with van der Waals surface area (Å²) >= 11 is 0. The van der Waals surface area contributed by atoms with Gasteiger partial charge < -0.3 is 0 Å². The quantitative estimate of drug-likeness (QED) is 0.592. The third kappa shape index (κ3) is 4.30. The first-order valence-corrected chi connectivity index (χ1v) is 8.13. The van der Waals surface area contributed by atoms with Gasteiger partial charge in [-0.05, 0) is 48.9 Å². The smallest absolute Gasteiger partial charge is 0.0409 e. The number of hydrogen-bond acceptors (Lipinski definition) is 0. The van der Waals surface area contributed by atoms with E-state index in [4.69, 9.17) is 0 Å². The van der Waals surface area contributed by atoms with Crippen LogP contribution in [0.1, 0.15) is 78.6 Å².